The lowest BCUT2D eigenvalue weighted by Crippen LogP contribution is -2.39. The lowest BCUT2D eigenvalue weighted by Gasteiger charge is -2.31. The molecule has 0 aliphatic carbocycles. The highest BCUT2D eigenvalue weighted by Crippen LogP contribution is 2.31. The van der Waals surface area contributed by atoms with E-state index in [9.17, 15) is 13.2 Å². The molecule has 1 amide bonds. The van der Waals surface area contributed by atoms with Gasteiger partial charge in [0.2, 0.25) is 21.9 Å². The lowest BCUT2D eigenvalue weighted by atomic mass is 9.96. The number of benzene rings is 1. The zero-order valence-electron chi connectivity index (χ0n) is 15.5. The second-order valence-electron chi connectivity index (χ2n) is 7.26. The van der Waals surface area contributed by atoms with Gasteiger partial charge in [-0.1, -0.05) is 0 Å². The van der Waals surface area contributed by atoms with Crippen molar-refractivity contribution in [2.75, 3.05) is 24.1 Å². The monoisotopic (exact) mass is 401 g/mol. The summed E-state index contributed by atoms with van der Waals surface area (Å²) in [6.07, 6.45) is 5.07. The molecule has 1 aromatic heterocycles. The molecule has 3 heterocycles. The number of nitrogens with two attached hydrogens (primary N) is 1. The third kappa shape index (κ3) is 3.72. The van der Waals surface area contributed by atoms with Gasteiger partial charge in [0.1, 0.15) is 0 Å². The molecule has 0 radical (unpaired) electrons. The largest absolute Gasteiger partial charge is 0.368 e. The number of carbonyl (C=O) groups is 1. The number of nitrogens with one attached hydrogen (secondary N) is 1. The van der Waals surface area contributed by atoms with Crippen molar-refractivity contribution in [3.63, 3.8) is 0 Å². The zero-order valence-corrected chi connectivity index (χ0v) is 16.3. The van der Waals surface area contributed by atoms with Crippen LogP contribution in [0.1, 0.15) is 42.9 Å². The number of hydrogen-bond acceptors (Lipinski definition) is 6. The highest BCUT2D eigenvalue weighted by Gasteiger charge is 2.32. The minimum absolute atomic E-state index is 0.00561. The van der Waals surface area contributed by atoms with E-state index in [0.29, 0.717) is 38.0 Å². The van der Waals surface area contributed by atoms with Gasteiger partial charge in [-0.05, 0) is 55.5 Å². The number of carbonyl (C=O) groups excluding carboxylic acids is 1. The van der Waals surface area contributed by atoms with Gasteiger partial charge in [-0.25, -0.2) is 18.4 Å². The number of aromatic nitrogens is 2. The highest BCUT2D eigenvalue weighted by molar-refractivity contribution is 7.89. The van der Waals surface area contributed by atoms with Crippen LogP contribution in [0.5, 0.6) is 0 Å². The summed E-state index contributed by atoms with van der Waals surface area (Å²) < 4.78 is 28.0. The molecule has 2 aromatic rings. The maximum absolute atomic E-state index is 13.2. The number of amides is 1. The van der Waals surface area contributed by atoms with Crippen LogP contribution in [0.15, 0.2) is 35.4 Å². The van der Waals surface area contributed by atoms with Crippen LogP contribution in [0.3, 0.4) is 0 Å². The van der Waals surface area contributed by atoms with E-state index in [0.717, 1.165) is 24.1 Å². The van der Waals surface area contributed by atoms with E-state index in [1.165, 1.54) is 4.31 Å². The normalized spacial score (nSPS) is 20.9. The summed E-state index contributed by atoms with van der Waals surface area (Å²) in [5.41, 5.74) is 8.02. The van der Waals surface area contributed by atoms with Crippen LogP contribution in [0.2, 0.25) is 0 Å². The number of nitrogens with zero attached hydrogens (tertiary/aromatic N) is 3. The number of sulfonamides is 1. The van der Waals surface area contributed by atoms with Crippen LogP contribution >= 0.6 is 0 Å². The molecule has 4 rings (SSSR count). The van der Waals surface area contributed by atoms with Crippen molar-refractivity contribution in [1.29, 1.82) is 0 Å². The summed E-state index contributed by atoms with van der Waals surface area (Å²) in [5, 5.41) is 2.84. The van der Waals surface area contributed by atoms with E-state index in [1.54, 1.807) is 30.5 Å². The molecule has 28 heavy (non-hydrogen) atoms. The average molecular weight is 401 g/mol. The first-order valence-corrected chi connectivity index (χ1v) is 10.9. The Kier molecular flexibility index (Phi) is 5.03. The Morgan fingerprint density at radius 1 is 1.18 bits per heavy atom. The summed E-state index contributed by atoms with van der Waals surface area (Å²) in [7, 11) is -3.63. The molecule has 1 atom stereocenters. The van der Waals surface area contributed by atoms with Gasteiger partial charge in [0.05, 0.1) is 10.6 Å². The van der Waals surface area contributed by atoms with Crippen LogP contribution in [0, 0.1) is 0 Å². The number of rotatable bonds is 3. The van der Waals surface area contributed by atoms with Crippen molar-refractivity contribution in [2.24, 2.45) is 0 Å². The number of aryl methyl sites for hydroxylation is 1. The van der Waals surface area contributed by atoms with Crippen molar-refractivity contribution in [2.45, 2.75) is 42.9 Å². The molecule has 2 aliphatic rings. The third-order valence-electron chi connectivity index (χ3n) is 5.34. The van der Waals surface area contributed by atoms with Gasteiger partial charge >= 0.3 is 0 Å². The number of anilines is 2. The highest BCUT2D eigenvalue weighted by atomic mass is 32.2. The fourth-order valence-corrected chi connectivity index (χ4v) is 5.45. The van der Waals surface area contributed by atoms with E-state index in [4.69, 9.17) is 5.73 Å². The van der Waals surface area contributed by atoms with Crippen LogP contribution in [0.25, 0.3) is 0 Å². The standard InChI is InChI=1S/C19H23N5O3S/c20-19-21-9-8-17(23-19)14-4-2-10-24(12-14)28(26,27)15-6-7-16-13(11-15)3-1-5-18(25)22-16/h6-9,11,14H,1-5,10,12H2,(H,22,25)(H2,20,21,23)/t14-/m0/s1. The van der Waals surface area contributed by atoms with E-state index in [2.05, 4.69) is 15.3 Å². The van der Waals surface area contributed by atoms with Crippen LogP contribution < -0.4 is 11.1 Å². The van der Waals surface area contributed by atoms with E-state index in [-0.39, 0.29) is 22.7 Å². The maximum atomic E-state index is 13.2. The molecular formula is C19H23N5O3S. The molecule has 148 valence electrons. The molecule has 3 N–H and O–H groups in total. The number of fused-ring (bicyclic) bond motifs is 1. The maximum Gasteiger partial charge on any atom is 0.243 e. The minimum Gasteiger partial charge on any atom is -0.368 e. The fraction of sp³-hybridized carbons (Fsp3) is 0.421. The second-order valence-corrected chi connectivity index (χ2v) is 9.20. The Labute approximate surface area is 164 Å². The molecule has 0 unspecified atom stereocenters. The molecule has 1 fully saturated rings. The third-order valence-corrected chi connectivity index (χ3v) is 7.20. The fourth-order valence-electron chi connectivity index (χ4n) is 3.88. The van der Waals surface area contributed by atoms with Gasteiger partial charge in [-0.2, -0.15) is 4.31 Å². The van der Waals surface area contributed by atoms with Crippen molar-refractivity contribution in [3.8, 4) is 0 Å². The molecular weight excluding hydrogens is 378 g/mol. The van der Waals surface area contributed by atoms with Crippen LogP contribution in [-0.4, -0.2) is 41.7 Å². The summed E-state index contributed by atoms with van der Waals surface area (Å²) in [4.78, 5) is 20.2. The summed E-state index contributed by atoms with van der Waals surface area (Å²) in [6, 6.07) is 6.76. The topological polar surface area (TPSA) is 118 Å². The van der Waals surface area contributed by atoms with Gasteiger partial charge in [0.15, 0.2) is 0 Å². The van der Waals surface area contributed by atoms with Crippen LogP contribution in [-0.2, 0) is 21.2 Å². The number of nitrogen functional groups attached to an aromatic ring is 1. The van der Waals surface area contributed by atoms with Gasteiger partial charge in [0, 0.05) is 37.3 Å². The van der Waals surface area contributed by atoms with E-state index in [1.807, 2.05) is 0 Å². The Bertz CT molecular complexity index is 1010. The quantitative estimate of drug-likeness (QED) is 0.811. The molecule has 0 bridgehead atoms. The van der Waals surface area contributed by atoms with Gasteiger partial charge in [-0.15, -0.1) is 0 Å². The molecule has 1 aromatic carbocycles. The average Bonchev–Trinajstić information content (AvgIpc) is 2.88. The Hall–Kier alpha value is -2.52. The smallest absolute Gasteiger partial charge is 0.243 e. The first-order valence-electron chi connectivity index (χ1n) is 9.45. The summed E-state index contributed by atoms with van der Waals surface area (Å²) in [6.45, 7) is 0.847. The Balaban J connectivity index is 1.59. The van der Waals surface area contributed by atoms with Gasteiger partial charge < -0.3 is 11.1 Å². The van der Waals surface area contributed by atoms with Crippen molar-refractivity contribution in [1.82, 2.24) is 14.3 Å². The predicted molar refractivity (Wildman–Crippen MR) is 105 cm³/mol. The van der Waals surface area contributed by atoms with Crippen molar-refractivity contribution in [3.05, 3.63) is 41.7 Å². The molecule has 0 spiro atoms. The second kappa shape index (κ2) is 7.48. The van der Waals surface area contributed by atoms with E-state index >= 15 is 0 Å². The minimum atomic E-state index is -3.63. The van der Waals surface area contributed by atoms with Crippen molar-refractivity contribution >= 4 is 27.6 Å². The number of piperidine rings is 1. The number of hydrogen-bond donors (Lipinski definition) is 2. The van der Waals surface area contributed by atoms with E-state index < -0.39 is 10.0 Å². The predicted octanol–water partition coefficient (Wildman–Crippen LogP) is 1.90. The Morgan fingerprint density at radius 2 is 2.04 bits per heavy atom. The van der Waals surface area contributed by atoms with Crippen LogP contribution in [0.4, 0.5) is 11.6 Å². The van der Waals surface area contributed by atoms with Gasteiger partial charge in [0.25, 0.3) is 0 Å². The first-order chi connectivity index (χ1) is 13.4. The molecule has 8 nitrogen and oxygen atoms in total. The molecule has 2 aliphatic heterocycles. The molecule has 1 saturated heterocycles. The molecule has 0 saturated carbocycles. The summed E-state index contributed by atoms with van der Waals surface area (Å²) in [5.74, 6) is 0.163. The van der Waals surface area contributed by atoms with Gasteiger partial charge in [-0.3, -0.25) is 4.79 Å². The zero-order chi connectivity index (χ0) is 19.7. The summed E-state index contributed by atoms with van der Waals surface area (Å²) >= 11 is 0. The van der Waals surface area contributed by atoms with Crippen molar-refractivity contribution < 1.29 is 13.2 Å². The Morgan fingerprint density at radius 3 is 2.86 bits per heavy atom. The SMILES string of the molecule is Nc1nccc([C@H]2CCCN(S(=O)(=O)c3ccc4c(c3)CCCC(=O)N4)C2)n1. The molecule has 9 heteroatoms. The lowest BCUT2D eigenvalue weighted by molar-refractivity contribution is -0.116. The first kappa shape index (κ1) is 18.8.